The van der Waals surface area contributed by atoms with Gasteiger partial charge in [0.2, 0.25) is 11.8 Å². The lowest BCUT2D eigenvalue weighted by Gasteiger charge is -2.16. The van der Waals surface area contributed by atoms with Gasteiger partial charge in [-0.3, -0.25) is 9.59 Å². The molecule has 0 aliphatic rings. The SMILES string of the molecule is C=CC(C)([SiH3])C(=O)NC.CNC(C)=O. The molecular weight excluding hydrogens is 196 g/mol. The summed E-state index contributed by atoms with van der Waals surface area (Å²) in [6.45, 7) is 6.93. The van der Waals surface area contributed by atoms with Crippen LogP contribution in [0, 0.1) is 0 Å². The summed E-state index contributed by atoms with van der Waals surface area (Å²) < 4.78 is 0. The third-order valence-electron chi connectivity index (χ3n) is 1.67. The van der Waals surface area contributed by atoms with Gasteiger partial charge >= 0.3 is 0 Å². The van der Waals surface area contributed by atoms with E-state index in [0.29, 0.717) is 0 Å². The largest absolute Gasteiger partial charge is 0.359 e. The molecule has 1 atom stereocenters. The van der Waals surface area contributed by atoms with Gasteiger partial charge in [-0.25, -0.2) is 0 Å². The van der Waals surface area contributed by atoms with Crippen molar-refractivity contribution in [3.63, 3.8) is 0 Å². The van der Waals surface area contributed by atoms with Gasteiger partial charge in [0.25, 0.3) is 0 Å². The second kappa shape index (κ2) is 7.31. The number of hydrogen-bond donors (Lipinski definition) is 2. The van der Waals surface area contributed by atoms with Crippen molar-refractivity contribution in [3.8, 4) is 0 Å². The summed E-state index contributed by atoms with van der Waals surface area (Å²) in [6, 6.07) is 0. The predicted octanol–water partition coefficient (Wildman–Crippen LogP) is -0.785. The monoisotopic (exact) mass is 216 g/mol. The first-order valence-corrected chi connectivity index (χ1v) is 5.36. The molecule has 0 aliphatic carbocycles. The van der Waals surface area contributed by atoms with Crippen LogP contribution in [0.4, 0.5) is 0 Å². The molecule has 14 heavy (non-hydrogen) atoms. The van der Waals surface area contributed by atoms with Crippen LogP contribution in [0.25, 0.3) is 0 Å². The van der Waals surface area contributed by atoms with Crippen molar-refractivity contribution >= 4 is 22.1 Å². The Hall–Kier alpha value is -1.10. The van der Waals surface area contributed by atoms with Crippen molar-refractivity contribution in [2.24, 2.45) is 0 Å². The van der Waals surface area contributed by atoms with E-state index < -0.39 is 0 Å². The van der Waals surface area contributed by atoms with Crippen molar-refractivity contribution < 1.29 is 9.59 Å². The topological polar surface area (TPSA) is 58.2 Å². The molecule has 82 valence electrons. The first-order valence-electron chi connectivity index (χ1n) is 4.36. The van der Waals surface area contributed by atoms with E-state index in [9.17, 15) is 9.59 Å². The first-order chi connectivity index (χ1) is 6.31. The summed E-state index contributed by atoms with van der Waals surface area (Å²) >= 11 is 0. The van der Waals surface area contributed by atoms with Crippen molar-refractivity contribution in [1.29, 1.82) is 0 Å². The Labute approximate surface area is 88.6 Å². The predicted molar refractivity (Wildman–Crippen MR) is 62.3 cm³/mol. The highest BCUT2D eigenvalue weighted by molar-refractivity contribution is 6.29. The average molecular weight is 216 g/mol. The van der Waals surface area contributed by atoms with Gasteiger partial charge in [0.05, 0.1) is 0 Å². The molecule has 2 N–H and O–H groups in total. The van der Waals surface area contributed by atoms with E-state index in [1.807, 2.05) is 6.92 Å². The Morgan fingerprint density at radius 3 is 1.79 bits per heavy atom. The number of carbonyl (C=O) groups excluding carboxylic acids is 2. The highest BCUT2D eigenvalue weighted by Gasteiger charge is 2.21. The molecule has 0 heterocycles. The lowest BCUT2D eigenvalue weighted by molar-refractivity contribution is -0.122. The van der Waals surface area contributed by atoms with Crippen LogP contribution in [0.3, 0.4) is 0 Å². The maximum atomic E-state index is 10.9. The van der Waals surface area contributed by atoms with Crippen LogP contribution in [0.5, 0.6) is 0 Å². The quantitative estimate of drug-likeness (QED) is 0.470. The number of amides is 2. The zero-order chi connectivity index (χ0) is 11.8. The van der Waals surface area contributed by atoms with Crippen molar-refractivity contribution in [1.82, 2.24) is 10.6 Å². The normalized spacial score (nSPS) is 12.9. The number of rotatable bonds is 2. The van der Waals surface area contributed by atoms with E-state index in [4.69, 9.17) is 0 Å². The minimum atomic E-state index is -0.297. The standard InChI is InChI=1S/C6H13NOSi.C3H7NO/c1-4-6(2,9)5(8)7-3;1-3(5)4-2/h4H,1H2,2-3,9H3,(H,7,8);1-2H3,(H,4,5). The lowest BCUT2D eigenvalue weighted by Crippen LogP contribution is -2.29. The van der Waals surface area contributed by atoms with Crippen LogP contribution in [-0.2, 0) is 9.59 Å². The van der Waals surface area contributed by atoms with Crippen LogP contribution in [-0.4, -0.2) is 36.2 Å². The van der Waals surface area contributed by atoms with E-state index in [1.54, 1.807) is 20.2 Å². The van der Waals surface area contributed by atoms with E-state index in [-0.39, 0.29) is 16.9 Å². The fourth-order valence-corrected chi connectivity index (χ4v) is 0.665. The zero-order valence-electron chi connectivity index (χ0n) is 9.60. The Kier molecular flexibility index (Phi) is 8.03. The Morgan fingerprint density at radius 2 is 1.71 bits per heavy atom. The van der Waals surface area contributed by atoms with Gasteiger partial charge in [0.1, 0.15) is 0 Å². The fourth-order valence-electron chi connectivity index (χ4n) is 0.415. The Morgan fingerprint density at radius 1 is 1.36 bits per heavy atom. The van der Waals surface area contributed by atoms with Crippen molar-refractivity contribution in [2.45, 2.75) is 18.9 Å². The molecule has 0 fully saturated rings. The summed E-state index contributed by atoms with van der Waals surface area (Å²) in [5.74, 6) is 0.0640. The smallest absolute Gasteiger partial charge is 0.225 e. The molecule has 0 spiro atoms. The second-order valence-corrected chi connectivity index (χ2v) is 5.39. The van der Waals surface area contributed by atoms with Crippen LogP contribution in [0.1, 0.15) is 13.8 Å². The van der Waals surface area contributed by atoms with Gasteiger partial charge in [-0.2, -0.15) is 0 Å². The van der Waals surface area contributed by atoms with Gasteiger partial charge in [-0.1, -0.05) is 13.0 Å². The molecule has 0 saturated carbocycles. The van der Waals surface area contributed by atoms with E-state index >= 15 is 0 Å². The Balaban J connectivity index is 0. The van der Waals surface area contributed by atoms with Crippen LogP contribution < -0.4 is 10.6 Å². The summed E-state index contributed by atoms with van der Waals surface area (Å²) in [4.78, 5) is 20.6. The lowest BCUT2D eigenvalue weighted by atomic mass is 10.1. The van der Waals surface area contributed by atoms with Crippen LogP contribution >= 0.6 is 0 Å². The summed E-state index contributed by atoms with van der Waals surface area (Å²) in [5.41, 5.74) is 0. The number of nitrogens with one attached hydrogen (secondary N) is 2. The third-order valence-corrected chi connectivity index (χ3v) is 2.54. The zero-order valence-corrected chi connectivity index (χ0v) is 11.6. The molecule has 0 aliphatic heterocycles. The highest BCUT2D eigenvalue weighted by atomic mass is 28.1. The molecule has 0 aromatic carbocycles. The van der Waals surface area contributed by atoms with E-state index in [1.165, 1.54) is 6.92 Å². The van der Waals surface area contributed by atoms with Crippen LogP contribution in [0.15, 0.2) is 12.7 Å². The molecule has 0 radical (unpaired) electrons. The molecule has 0 aromatic rings. The molecule has 0 aromatic heterocycles. The van der Waals surface area contributed by atoms with Gasteiger partial charge in [-0.15, -0.1) is 6.58 Å². The van der Waals surface area contributed by atoms with E-state index in [2.05, 4.69) is 17.2 Å². The first kappa shape index (κ1) is 15.4. The molecule has 0 bridgehead atoms. The summed E-state index contributed by atoms with van der Waals surface area (Å²) in [5, 5.41) is 4.67. The number of hydrogen-bond acceptors (Lipinski definition) is 2. The molecule has 5 heteroatoms. The molecule has 4 nitrogen and oxygen atoms in total. The van der Waals surface area contributed by atoms with Gasteiger partial charge in [0, 0.05) is 36.3 Å². The second-order valence-electron chi connectivity index (χ2n) is 3.31. The minimum Gasteiger partial charge on any atom is -0.359 e. The van der Waals surface area contributed by atoms with Crippen LogP contribution in [0.2, 0.25) is 5.04 Å². The number of carbonyl (C=O) groups is 2. The maximum Gasteiger partial charge on any atom is 0.225 e. The fraction of sp³-hybridized carbons (Fsp3) is 0.556. The van der Waals surface area contributed by atoms with Gasteiger partial charge in [0.15, 0.2) is 0 Å². The molecule has 2 amide bonds. The minimum absolute atomic E-state index is 0.00463. The average Bonchev–Trinajstić information content (AvgIpc) is 2.17. The van der Waals surface area contributed by atoms with Crippen molar-refractivity contribution in [3.05, 3.63) is 12.7 Å². The maximum absolute atomic E-state index is 10.9. The Bertz CT molecular complexity index is 215. The molecule has 0 rings (SSSR count). The van der Waals surface area contributed by atoms with E-state index in [0.717, 1.165) is 10.2 Å². The van der Waals surface area contributed by atoms with Crippen molar-refractivity contribution in [2.75, 3.05) is 14.1 Å². The molecule has 1 unspecified atom stereocenters. The van der Waals surface area contributed by atoms with Gasteiger partial charge < -0.3 is 10.6 Å². The molecule has 0 saturated heterocycles. The summed E-state index contributed by atoms with van der Waals surface area (Å²) in [6.07, 6.45) is 1.69. The van der Waals surface area contributed by atoms with Gasteiger partial charge in [-0.05, 0) is 0 Å². The third kappa shape index (κ3) is 7.54. The highest BCUT2D eigenvalue weighted by Crippen LogP contribution is 2.19. The summed E-state index contributed by atoms with van der Waals surface area (Å²) in [7, 11) is 4.05. The molecular formula is C9H20N2O2Si.